The molecule has 3 unspecified atom stereocenters. The van der Waals surface area contributed by atoms with Gasteiger partial charge in [-0.3, -0.25) is 9.88 Å². The molecule has 0 saturated carbocycles. The third-order valence-corrected chi connectivity index (χ3v) is 4.13. The summed E-state index contributed by atoms with van der Waals surface area (Å²) >= 11 is 0. The van der Waals surface area contributed by atoms with E-state index in [-0.39, 0.29) is 12.1 Å². The molecule has 3 atom stereocenters. The number of nitrogens with zero attached hydrogens (tertiary/aromatic N) is 2. The molecule has 0 radical (unpaired) electrons. The molecule has 2 rings (SSSR count). The molecule has 0 aromatic carbocycles. The number of piperidine rings is 1. The maximum atomic E-state index is 6.40. The van der Waals surface area contributed by atoms with Crippen LogP contribution in [0.15, 0.2) is 24.5 Å². The van der Waals surface area contributed by atoms with Crippen LogP contribution in [0.2, 0.25) is 0 Å². The fraction of sp³-hybridized carbons (Fsp3) is 0.688. The molecule has 112 valence electrons. The molecule has 4 nitrogen and oxygen atoms in total. The van der Waals surface area contributed by atoms with Gasteiger partial charge < -0.3 is 10.5 Å². The van der Waals surface area contributed by atoms with E-state index in [1.54, 1.807) is 0 Å². The number of likely N-dealkylation sites (tertiary alicyclic amines) is 1. The predicted octanol–water partition coefficient (Wildman–Crippen LogP) is 2.36. The SMILES string of the molecule is CCOC1CCCN(C(c2ccncc2)C(N)CC)C1. The number of ether oxygens (including phenoxy) is 1. The van der Waals surface area contributed by atoms with Gasteiger partial charge in [-0.05, 0) is 50.4 Å². The van der Waals surface area contributed by atoms with E-state index in [0.29, 0.717) is 6.10 Å². The second kappa shape index (κ2) is 7.72. The number of pyridine rings is 1. The zero-order valence-electron chi connectivity index (χ0n) is 12.7. The topological polar surface area (TPSA) is 51.4 Å². The average molecular weight is 277 g/mol. The Bertz CT molecular complexity index is 383. The van der Waals surface area contributed by atoms with Crippen LogP contribution in [0.4, 0.5) is 0 Å². The van der Waals surface area contributed by atoms with Gasteiger partial charge in [-0.1, -0.05) is 6.92 Å². The number of hydrogen-bond acceptors (Lipinski definition) is 4. The van der Waals surface area contributed by atoms with Gasteiger partial charge in [-0.15, -0.1) is 0 Å². The highest BCUT2D eigenvalue weighted by atomic mass is 16.5. The van der Waals surface area contributed by atoms with Crippen LogP contribution in [-0.2, 0) is 4.74 Å². The summed E-state index contributed by atoms with van der Waals surface area (Å²) in [5.41, 5.74) is 7.67. The van der Waals surface area contributed by atoms with E-state index in [9.17, 15) is 0 Å². The third-order valence-electron chi connectivity index (χ3n) is 4.13. The number of hydrogen-bond donors (Lipinski definition) is 1. The molecule has 1 aliphatic rings. The summed E-state index contributed by atoms with van der Waals surface area (Å²) in [6, 6.07) is 4.60. The van der Waals surface area contributed by atoms with Crippen molar-refractivity contribution in [3.05, 3.63) is 30.1 Å². The second-order valence-corrected chi connectivity index (χ2v) is 5.51. The first-order valence-corrected chi connectivity index (χ1v) is 7.77. The lowest BCUT2D eigenvalue weighted by Crippen LogP contribution is -2.47. The predicted molar refractivity (Wildman–Crippen MR) is 81.5 cm³/mol. The summed E-state index contributed by atoms with van der Waals surface area (Å²) in [6.07, 6.45) is 7.38. The number of aromatic nitrogens is 1. The van der Waals surface area contributed by atoms with E-state index in [1.807, 2.05) is 12.4 Å². The summed E-state index contributed by atoms with van der Waals surface area (Å²) in [7, 11) is 0. The van der Waals surface area contributed by atoms with E-state index in [0.717, 1.165) is 32.5 Å². The molecule has 2 heterocycles. The minimum Gasteiger partial charge on any atom is -0.377 e. The van der Waals surface area contributed by atoms with E-state index in [4.69, 9.17) is 10.5 Å². The molecule has 1 saturated heterocycles. The summed E-state index contributed by atoms with van der Waals surface area (Å²) in [6.45, 7) is 7.09. The van der Waals surface area contributed by atoms with E-state index in [2.05, 4.69) is 35.9 Å². The summed E-state index contributed by atoms with van der Waals surface area (Å²) < 4.78 is 5.82. The Morgan fingerprint density at radius 1 is 1.40 bits per heavy atom. The quantitative estimate of drug-likeness (QED) is 0.867. The first kappa shape index (κ1) is 15.4. The van der Waals surface area contributed by atoms with E-state index >= 15 is 0 Å². The minimum atomic E-state index is 0.151. The van der Waals surface area contributed by atoms with Crippen LogP contribution in [0.3, 0.4) is 0 Å². The molecule has 20 heavy (non-hydrogen) atoms. The highest BCUT2D eigenvalue weighted by Gasteiger charge is 2.30. The molecule has 0 spiro atoms. The normalized spacial score (nSPS) is 23.4. The average Bonchev–Trinajstić information content (AvgIpc) is 2.49. The smallest absolute Gasteiger partial charge is 0.0702 e. The zero-order valence-corrected chi connectivity index (χ0v) is 12.7. The molecule has 4 heteroatoms. The highest BCUT2D eigenvalue weighted by molar-refractivity contribution is 5.17. The third kappa shape index (κ3) is 3.78. The first-order chi connectivity index (χ1) is 9.76. The zero-order chi connectivity index (χ0) is 14.4. The maximum Gasteiger partial charge on any atom is 0.0702 e. The van der Waals surface area contributed by atoms with Crippen molar-refractivity contribution in [2.75, 3.05) is 19.7 Å². The Morgan fingerprint density at radius 2 is 2.15 bits per heavy atom. The Kier molecular flexibility index (Phi) is 5.95. The molecular weight excluding hydrogens is 250 g/mol. The van der Waals surface area contributed by atoms with Gasteiger partial charge >= 0.3 is 0 Å². The van der Waals surface area contributed by atoms with E-state index < -0.39 is 0 Å². The van der Waals surface area contributed by atoms with Crippen molar-refractivity contribution in [3.63, 3.8) is 0 Å². The fourth-order valence-corrected chi connectivity index (χ4v) is 3.10. The summed E-state index contributed by atoms with van der Waals surface area (Å²) in [4.78, 5) is 6.61. The lowest BCUT2D eigenvalue weighted by Gasteiger charge is -2.40. The van der Waals surface area contributed by atoms with Crippen LogP contribution in [-0.4, -0.2) is 41.7 Å². The number of rotatable bonds is 6. The summed E-state index contributed by atoms with van der Waals surface area (Å²) in [5, 5.41) is 0. The monoisotopic (exact) mass is 277 g/mol. The number of nitrogens with two attached hydrogens (primary N) is 1. The molecule has 1 aliphatic heterocycles. The fourth-order valence-electron chi connectivity index (χ4n) is 3.10. The van der Waals surface area contributed by atoms with Crippen LogP contribution in [0.5, 0.6) is 0 Å². The van der Waals surface area contributed by atoms with Gasteiger partial charge in [-0.2, -0.15) is 0 Å². The van der Waals surface area contributed by atoms with Crippen LogP contribution in [0, 0.1) is 0 Å². The molecule has 0 amide bonds. The van der Waals surface area contributed by atoms with Crippen LogP contribution in [0.1, 0.15) is 44.7 Å². The molecule has 1 aromatic heterocycles. The first-order valence-electron chi connectivity index (χ1n) is 7.77. The van der Waals surface area contributed by atoms with Gasteiger partial charge in [0.25, 0.3) is 0 Å². The van der Waals surface area contributed by atoms with Crippen molar-refractivity contribution >= 4 is 0 Å². The van der Waals surface area contributed by atoms with E-state index in [1.165, 1.54) is 12.0 Å². The highest BCUT2D eigenvalue weighted by Crippen LogP contribution is 2.28. The van der Waals surface area contributed by atoms with Gasteiger partial charge in [0.1, 0.15) is 0 Å². The van der Waals surface area contributed by atoms with Crippen molar-refractivity contribution in [3.8, 4) is 0 Å². The minimum absolute atomic E-state index is 0.151. The molecule has 0 bridgehead atoms. The standard InChI is InChI=1S/C16H27N3O/c1-3-15(17)16(13-7-9-18-10-8-13)19-11-5-6-14(12-19)20-4-2/h7-10,14-16H,3-6,11-12,17H2,1-2H3. The largest absolute Gasteiger partial charge is 0.377 e. The second-order valence-electron chi connectivity index (χ2n) is 5.51. The van der Waals surface area contributed by atoms with Gasteiger partial charge in [0.15, 0.2) is 0 Å². The van der Waals surface area contributed by atoms with Crippen molar-refractivity contribution < 1.29 is 4.74 Å². The maximum absolute atomic E-state index is 6.40. The molecule has 2 N–H and O–H groups in total. The molecule has 0 aliphatic carbocycles. The Morgan fingerprint density at radius 3 is 2.80 bits per heavy atom. The van der Waals surface area contributed by atoms with Crippen LogP contribution >= 0.6 is 0 Å². The Balaban J connectivity index is 2.14. The van der Waals surface area contributed by atoms with Crippen molar-refractivity contribution in [2.45, 2.75) is 51.3 Å². The summed E-state index contributed by atoms with van der Waals surface area (Å²) in [5.74, 6) is 0. The lowest BCUT2D eigenvalue weighted by atomic mass is 9.94. The Labute approximate surface area is 122 Å². The van der Waals surface area contributed by atoms with Crippen molar-refractivity contribution in [1.82, 2.24) is 9.88 Å². The van der Waals surface area contributed by atoms with Crippen LogP contribution < -0.4 is 5.73 Å². The molecule has 1 fully saturated rings. The van der Waals surface area contributed by atoms with Gasteiger partial charge in [-0.25, -0.2) is 0 Å². The van der Waals surface area contributed by atoms with Gasteiger partial charge in [0, 0.05) is 31.6 Å². The Hall–Kier alpha value is -0.970. The van der Waals surface area contributed by atoms with Crippen molar-refractivity contribution in [2.24, 2.45) is 5.73 Å². The molecule has 1 aromatic rings. The van der Waals surface area contributed by atoms with Crippen molar-refractivity contribution in [1.29, 1.82) is 0 Å². The van der Waals surface area contributed by atoms with Gasteiger partial charge in [0.05, 0.1) is 12.1 Å². The van der Waals surface area contributed by atoms with Crippen LogP contribution in [0.25, 0.3) is 0 Å². The van der Waals surface area contributed by atoms with Gasteiger partial charge in [0.2, 0.25) is 0 Å². The molecular formula is C16H27N3O. The lowest BCUT2D eigenvalue weighted by molar-refractivity contribution is -0.0116.